The molecule has 0 unspecified atom stereocenters. The fourth-order valence-electron chi connectivity index (χ4n) is 8.49. The van der Waals surface area contributed by atoms with E-state index in [-0.39, 0.29) is 44.1 Å². The van der Waals surface area contributed by atoms with Crippen molar-refractivity contribution >= 4 is 85.5 Å². The Morgan fingerprint density at radius 1 is 0.804 bits per heavy atom. The van der Waals surface area contributed by atoms with Crippen molar-refractivity contribution in [2.24, 2.45) is 17.8 Å². The van der Waals surface area contributed by atoms with Gasteiger partial charge in [0.25, 0.3) is 11.8 Å². The molecule has 2 aliphatic carbocycles. The highest BCUT2D eigenvalue weighted by atomic mass is 79.9. The van der Waals surface area contributed by atoms with Gasteiger partial charge in [-0.05, 0) is 88.8 Å². The Morgan fingerprint density at radius 3 is 2.04 bits per heavy atom. The van der Waals surface area contributed by atoms with Crippen molar-refractivity contribution in [3.8, 4) is 11.5 Å². The lowest BCUT2D eigenvalue weighted by molar-refractivity contribution is -0.125. The average Bonchev–Trinajstić information content (AvgIpc) is 3.52. The van der Waals surface area contributed by atoms with E-state index in [4.69, 9.17) is 27.9 Å². The highest BCUT2D eigenvalue weighted by Gasteiger charge is 2.77. The molecule has 2 heterocycles. The summed E-state index contributed by atoms with van der Waals surface area (Å²) in [4.78, 5) is 52.8. The van der Waals surface area contributed by atoms with Crippen LogP contribution in [0.5, 0.6) is 11.5 Å². The van der Waals surface area contributed by atoms with Gasteiger partial charge in [0.1, 0.15) is 5.69 Å². The van der Waals surface area contributed by atoms with Crippen molar-refractivity contribution in [3.05, 3.63) is 118 Å². The number of aromatic hydroxyl groups is 1. The molecule has 1 saturated carbocycles. The normalized spacial score (nSPS) is 26.9. The maximum absolute atomic E-state index is 15.3. The van der Waals surface area contributed by atoms with Gasteiger partial charge in [0, 0.05) is 17.3 Å². The van der Waals surface area contributed by atoms with E-state index in [2.05, 4.69) is 21.2 Å². The molecule has 9 nitrogen and oxygen atoms in total. The topological polar surface area (TPSA) is 116 Å². The predicted octanol–water partition coefficient (Wildman–Crippen LogP) is 8.37. The first-order valence-corrected chi connectivity index (χ1v) is 18.5. The third kappa shape index (κ3) is 5.16. The Bertz CT molecular complexity index is 2410. The first-order valence-electron chi connectivity index (χ1n) is 16.9. The summed E-state index contributed by atoms with van der Waals surface area (Å²) in [5.74, 6) is -22.2. The molecule has 0 radical (unpaired) electrons. The number of carbonyl (C=O) groups is 4. The monoisotopic (exact) mass is 875 g/mol. The number of imide groups is 2. The van der Waals surface area contributed by atoms with Gasteiger partial charge in [-0.1, -0.05) is 29.8 Å². The van der Waals surface area contributed by atoms with Gasteiger partial charge in [-0.15, -0.1) is 23.2 Å². The Hall–Kier alpha value is -4.99. The van der Waals surface area contributed by atoms with Crippen LogP contribution in [0.3, 0.4) is 0 Å². The van der Waals surface area contributed by atoms with E-state index in [1.807, 2.05) is 30.3 Å². The third-order valence-corrected chi connectivity index (χ3v) is 13.0. The Balaban J connectivity index is 1.25. The van der Waals surface area contributed by atoms with Crippen molar-refractivity contribution < 1.29 is 51.0 Å². The lowest BCUT2D eigenvalue weighted by Gasteiger charge is -2.50. The summed E-state index contributed by atoms with van der Waals surface area (Å²) in [6.45, 7) is 0. The number of nitrogens with one attached hydrogen (secondary N) is 1. The summed E-state index contributed by atoms with van der Waals surface area (Å²) in [6, 6.07) is 18.3. The molecule has 4 aliphatic rings. The third-order valence-electron chi connectivity index (χ3n) is 11.0. The zero-order valence-electron chi connectivity index (χ0n) is 28.6. The van der Waals surface area contributed by atoms with Gasteiger partial charge >= 0.3 is 0 Å². The molecule has 0 spiro atoms. The van der Waals surface area contributed by atoms with Crippen LogP contribution < -0.4 is 19.9 Å². The van der Waals surface area contributed by atoms with E-state index in [0.717, 1.165) is 10.6 Å². The Labute approximate surface area is 332 Å². The van der Waals surface area contributed by atoms with E-state index in [1.165, 1.54) is 19.2 Å². The van der Waals surface area contributed by atoms with Crippen LogP contribution in [0.2, 0.25) is 0 Å². The van der Waals surface area contributed by atoms with Gasteiger partial charge in [-0.25, -0.2) is 26.9 Å². The average molecular weight is 877 g/mol. The highest BCUT2D eigenvalue weighted by molar-refractivity contribution is 9.10. The van der Waals surface area contributed by atoms with E-state index < -0.39 is 98.2 Å². The molecular formula is C39H25BrCl2F5N3O6. The molecule has 2 aliphatic heterocycles. The SMILES string of the molecule is COc1cc([C@H]2C3=CC[C@@H]4C(=O)N(c5ccc(Nc6ccccc6)cc5)C(=O)[C@@H]4[C@@H]3C[C@@]3(Cl)C(=O)N(c4c(F)c(F)c(F)c(F)c4F)C(=O)[C@@]23Cl)cc(Br)c1O. The van der Waals surface area contributed by atoms with Crippen molar-refractivity contribution in [1.82, 2.24) is 0 Å². The van der Waals surface area contributed by atoms with Crippen LogP contribution in [-0.4, -0.2) is 45.6 Å². The van der Waals surface area contributed by atoms with Crippen LogP contribution >= 0.6 is 39.1 Å². The van der Waals surface area contributed by atoms with Crippen LogP contribution in [0.1, 0.15) is 24.3 Å². The smallest absolute Gasteiger partial charge is 0.258 e. The molecule has 2 saturated heterocycles. The summed E-state index contributed by atoms with van der Waals surface area (Å²) in [6.07, 6.45) is 0.857. The molecule has 56 heavy (non-hydrogen) atoms. The quantitative estimate of drug-likeness (QED) is 0.0500. The molecule has 4 aromatic carbocycles. The van der Waals surface area contributed by atoms with Gasteiger partial charge < -0.3 is 15.2 Å². The molecule has 6 atom stereocenters. The number of fused-ring (bicyclic) bond motifs is 4. The molecule has 2 N–H and O–H groups in total. The maximum atomic E-state index is 15.3. The van der Waals surface area contributed by atoms with Crippen molar-refractivity contribution in [1.29, 1.82) is 0 Å². The second kappa shape index (κ2) is 13.3. The summed E-state index contributed by atoms with van der Waals surface area (Å²) in [5, 5.41) is 13.9. The number of hydrogen-bond acceptors (Lipinski definition) is 7. The molecule has 17 heteroatoms. The standard InChI is InChI=1S/C39H25BrCl2F5N3O6/c1-56-24-14-16(13-23(40)33(24)51)26-20-11-12-21-25(35(53)49(34(21)52)19-9-7-18(8-10-19)48-17-5-3-2-4-6-17)22(20)15-38(41)36(54)50(37(55)39(26,38)42)32-30(46)28(44)27(43)29(45)31(32)47/h2-11,13-14,21-22,25-26,48,51H,12,15H2,1H3/t21-,22+,25-,26-,38+,39-/m0/s1. The van der Waals surface area contributed by atoms with Crippen LogP contribution in [0.25, 0.3) is 0 Å². The van der Waals surface area contributed by atoms with Gasteiger partial charge in [0.05, 0.1) is 29.1 Å². The number of methoxy groups -OCH3 is 1. The Kier molecular flexibility index (Phi) is 9.01. The first kappa shape index (κ1) is 37.9. The minimum absolute atomic E-state index is 0.0144. The number of carbonyl (C=O) groups excluding carboxylic acids is 4. The number of allylic oxidation sites excluding steroid dienone is 2. The first-order chi connectivity index (χ1) is 26.6. The van der Waals surface area contributed by atoms with Gasteiger partial charge in [0.15, 0.2) is 44.5 Å². The van der Waals surface area contributed by atoms with Crippen molar-refractivity contribution in [2.45, 2.75) is 28.5 Å². The zero-order valence-corrected chi connectivity index (χ0v) is 31.7. The number of nitrogens with zero attached hydrogens (tertiary/aromatic N) is 2. The lowest BCUT2D eigenvalue weighted by Crippen LogP contribution is -2.60. The van der Waals surface area contributed by atoms with Crippen LogP contribution in [0.15, 0.2) is 82.9 Å². The zero-order chi connectivity index (χ0) is 40.2. The van der Waals surface area contributed by atoms with E-state index in [1.54, 1.807) is 30.3 Å². The number of para-hydroxylation sites is 1. The van der Waals surface area contributed by atoms with E-state index in [9.17, 15) is 37.5 Å². The lowest BCUT2D eigenvalue weighted by atomic mass is 9.56. The number of halogens is 8. The van der Waals surface area contributed by atoms with Crippen LogP contribution in [0.4, 0.5) is 44.7 Å². The van der Waals surface area contributed by atoms with E-state index >= 15 is 8.78 Å². The number of benzene rings is 4. The van der Waals surface area contributed by atoms with Gasteiger partial charge in [-0.2, -0.15) is 0 Å². The van der Waals surface area contributed by atoms with Crippen LogP contribution in [-0.2, 0) is 19.2 Å². The number of alkyl halides is 2. The number of phenolic OH excluding ortho intramolecular Hbond substituents is 1. The van der Waals surface area contributed by atoms with Crippen molar-refractivity contribution in [2.75, 3.05) is 22.2 Å². The molecule has 4 aromatic rings. The largest absolute Gasteiger partial charge is 0.503 e. The number of anilines is 4. The van der Waals surface area contributed by atoms with Crippen molar-refractivity contribution in [3.63, 3.8) is 0 Å². The minimum atomic E-state index is -2.74. The van der Waals surface area contributed by atoms with Gasteiger partial charge in [-0.3, -0.25) is 24.1 Å². The van der Waals surface area contributed by atoms with Gasteiger partial charge in [0.2, 0.25) is 17.6 Å². The Morgan fingerprint density at radius 2 is 1.41 bits per heavy atom. The minimum Gasteiger partial charge on any atom is -0.503 e. The molecule has 0 aromatic heterocycles. The van der Waals surface area contributed by atoms with Crippen LogP contribution in [0, 0.1) is 46.8 Å². The van der Waals surface area contributed by atoms with E-state index in [0.29, 0.717) is 5.69 Å². The molecule has 4 amide bonds. The fourth-order valence-corrected chi connectivity index (χ4v) is 9.89. The molecule has 288 valence electrons. The molecule has 3 fully saturated rings. The highest BCUT2D eigenvalue weighted by Crippen LogP contribution is 2.66. The molecule has 0 bridgehead atoms. The summed E-state index contributed by atoms with van der Waals surface area (Å²) < 4.78 is 79.2. The number of hydrogen-bond donors (Lipinski definition) is 2. The number of phenols is 1. The second-order valence-electron chi connectivity index (χ2n) is 13.8. The molecule has 8 rings (SSSR count). The maximum Gasteiger partial charge on any atom is 0.258 e. The number of ether oxygens (including phenoxy) is 1. The summed E-state index contributed by atoms with van der Waals surface area (Å²) in [5.41, 5.74) is 0.113. The fraction of sp³-hybridized carbons (Fsp3) is 0.231. The molecular weight excluding hydrogens is 852 g/mol. The summed E-state index contributed by atoms with van der Waals surface area (Å²) >= 11 is 17.6. The number of rotatable bonds is 6. The second-order valence-corrected chi connectivity index (χ2v) is 15.9. The predicted molar refractivity (Wildman–Crippen MR) is 197 cm³/mol. The summed E-state index contributed by atoms with van der Waals surface area (Å²) in [7, 11) is 1.22. The number of amides is 4.